The SMILES string of the molecule is CCOC(C1CCCCC1)C(NN)C1=CCCCO1. The van der Waals surface area contributed by atoms with Crippen LogP contribution < -0.4 is 11.3 Å². The number of rotatable bonds is 6. The van der Waals surface area contributed by atoms with E-state index < -0.39 is 0 Å². The summed E-state index contributed by atoms with van der Waals surface area (Å²) in [5.74, 6) is 7.37. The molecule has 2 rings (SSSR count). The molecule has 2 atom stereocenters. The highest BCUT2D eigenvalue weighted by Gasteiger charge is 2.34. The summed E-state index contributed by atoms with van der Waals surface area (Å²) in [7, 11) is 0. The summed E-state index contributed by atoms with van der Waals surface area (Å²) in [6.07, 6.45) is 11.0. The molecule has 0 bridgehead atoms. The number of ether oxygens (including phenoxy) is 2. The zero-order chi connectivity index (χ0) is 13.5. The fourth-order valence-electron chi connectivity index (χ4n) is 3.29. The van der Waals surface area contributed by atoms with E-state index in [1.807, 2.05) is 0 Å². The minimum atomic E-state index is 0.00310. The van der Waals surface area contributed by atoms with Gasteiger partial charge < -0.3 is 9.47 Å². The Kier molecular flexibility index (Phi) is 6.14. The molecule has 0 aromatic heterocycles. The van der Waals surface area contributed by atoms with Crippen LogP contribution in [0.25, 0.3) is 0 Å². The molecule has 2 aliphatic rings. The predicted octanol–water partition coefficient (Wildman–Crippen LogP) is 2.50. The van der Waals surface area contributed by atoms with E-state index in [-0.39, 0.29) is 12.1 Å². The van der Waals surface area contributed by atoms with Gasteiger partial charge in [-0.3, -0.25) is 5.84 Å². The standard InChI is InChI=1S/C15H28N2O2/c1-2-18-15(12-8-4-3-5-9-12)14(17-16)13-10-6-7-11-19-13/h10,12,14-15,17H,2-9,11,16H2,1H3. The summed E-state index contributed by atoms with van der Waals surface area (Å²) >= 11 is 0. The molecule has 1 saturated carbocycles. The van der Waals surface area contributed by atoms with Crippen molar-refractivity contribution < 1.29 is 9.47 Å². The Balaban J connectivity index is 2.07. The normalized spacial score (nSPS) is 24.4. The molecule has 4 heteroatoms. The summed E-state index contributed by atoms with van der Waals surface area (Å²) in [5.41, 5.74) is 2.94. The largest absolute Gasteiger partial charge is 0.496 e. The van der Waals surface area contributed by atoms with Crippen molar-refractivity contribution in [2.45, 2.75) is 64.0 Å². The van der Waals surface area contributed by atoms with Crippen LogP contribution >= 0.6 is 0 Å². The first-order chi connectivity index (χ1) is 9.36. The zero-order valence-electron chi connectivity index (χ0n) is 12.1. The molecule has 1 heterocycles. The van der Waals surface area contributed by atoms with E-state index in [1.54, 1.807) is 0 Å². The molecule has 1 aliphatic carbocycles. The lowest BCUT2D eigenvalue weighted by atomic mass is 9.82. The molecule has 0 amide bonds. The third-order valence-corrected chi connectivity index (χ3v) is 4.25. The minimum absolute atomic E-state index is 0.00310. The van der Waals surface area contributed by atoms with Crippen molar-refractivity contribution in [2.75, 3.05) is 13.2 Å². The Labute approximate surface area is 116 Å². The van der Waals surface area contributed by atoms with Gasteiger partial charge in [-0.1, -0.05) is 19.3 Å². The first kappa shape index (κ1) is 14.8. The van der Waals surface area contributed by atoms with Gasteiger partial charge in [-0.15, -0.1) is 0 Å². The second-order valence-electron chi connectivity index (χ2n) is 5.56. The maximum Gasteiger partial charge on any atom is 0.113 e. The lowest BCUT2D eigenvalue weighted by Gasteiger charge is -2.36. The molecular weight excluding hydrogens is 240 g/mol. The van der Waals surface area contributed by atoms with Crippen molar-refractivity contribution in [1.29, 1.82) is 0 Å². The molecule has 1 fully saturated rings. The van der Waals surface area contributed by atoms with Gasteiger partial charge in [0.25, 0.3) is 0 Å². The highest BCUT2D eigenvalue weighted by Crippen LogP contribution is 2.32. The monoisotopic (exact) mass is 268 g/mol. The quantitative estimate of drug-likeness (QED) is 0.574. The number of hydrogen-bond donors (Lipinski definition) is 2. The predicted molar refractivity (Wildman–Crippen MR) is 76.4 cm³/mol. The fourth-order valence-corrected chi connectivity index (χ4v) is 3.29. The third-order valence-electron chi connectivity index (χ3n) is 4.25. The lowest BCUT2D eigenvalue weighted by Crippen LogP contribution is -2.50. The second-order valence-corrected chi connectivity index (χ2v) is 5.56. The van der Waals surface area contributed by atoms with Gasteiger partial charge in [0.05, 0.1) is 12.7 Å². The molecular formula is C15H28N2O2. The number of hydrazine groups is 1. The van der Waals surface area contributed by atoms with Crippen molar-refractivity contribution in [3.8, 4) is 0 Å². The number of nitrogens with one attached hydrogen (secondary N) is 1. The first-order valence-corrected chi connectivity index (χ1v) is 7.77. The number of hydrogen-bond acceptors (Lipinski definition) is 4. The van der Waals surface area contributed by atoms with Crippen LogP contribution in [0.2, 0.25) is 0 Å². The second kappa shape index (κ2) is 7.88. The summed E-state index contributed by atoms with van der Waals surface area (Å²) in [4.78, 5) is 0. The smallest absolute Gasteiger partial charge is 0.113 e. The van der Waals surface area contributed by atoms with E-state index in [1.165, 1.54) is 32.1 Å². The molecule has 0 aromatic carbocycles. The van der Waals surface area contributed by atoms with Gasteiger partial charge in [0.1, 0.15) is 11.8 Å². The van der Waals surface area contributed by atoms with Gasteiger partial charge in [-0.25, -0.2) is 5.43 Å². The van der Waals surface area contributed by atoms with Crippen LogP contribution in [0, 0.1) is 5.92 Å². The van der Waals surface area contributed by atoms with E-state index in [2.05, 4.69) is 18.4 Å². The van der Waals surface area contributed by atoms with Crippen molar-refractivity contribution in [3.05, 3.63) is 11.8 Å². The van der Waals surface area contributed by atoms with Gasteiger partial charge in [0.15, 0.2) is 0 Å². The van der Waals surface area contributed by atoms with E-state index >= 15 is 0 Å². The fraction of sp³-hybridized carbons (Fsp3) is 0.867. The van der Waals surface area contributed by atoms with Crippen LogP contribution in [0.3, 0.4) is 0 Å². The molecule has 1 aliphatic heterocycles. The maximum absolute atomic E-state index is 6.02. The topological polar surface area (TPSA) is 56.5 Å². The Morgan fingerprint density at radius 1 is 1.37 bits per heavy atom. The highest BCUT2D eigenvalue weighted by molar-refractivity contribution is 5.09. The molecule has 19 heavy (non-hydrogen) atoms. The Morgan fingerprint density at radius 3 is 2.74 bits per heavy atom. The number of nitrogens with two attached hydrogens (primary N) is 1. The van der Waals surface area contributed by atoms with Crippen LogP contribution in [-0.4, -0.2) is 25.4 Å². The summed E-state index contributed by atoms with van der Waals surface area (Å²) in [6.45, 7) is 3.58. The first-order valence-electron chi connectivity index (χ1n) is 7.77. The van der Waals surface area contributed by atoms with Gasteiger partial charge in [0, 0.05) is 6.61 Å². The third kappa shape index (κ3) is 3.94. The molecule has 0 saturated heterocycles. The summed E-state index contributed by atoms with van der Waals surface area (Å²) in [5, 5.41) is 0. The van der Waals surface area contributed by atoms with E-state index in [0.717, 1.165) is 31.8 Å². The Bertz CT molecular complexity index is 288. The average Bonchev–Trinajstić information content (AvgIpc) is 2.49. The van der Waals surface area contributed by atoms with Crippen LogP contribution in [0.1, 0.15) is 51.9 Å². The van der Waals surface area contributed by atoms with E-state index in [9.17, 15) is 0 Å². The molecule has 110 valence electrons. The molecule has 0 aromatic rings. The molecule has 2 unspecified atom stereocenters. The molecule has 0 spiro atoms. The van der Waals surface area contributed by atoms with Crippen LogP contribution in [0.5, 0.6) is 0 Å². The van der Waals surface area contributed by atoms with Crippen LogP contribution in [0.4, 0.5) is 0 Å². The van der Waals surface area contributed by atoms with Crippen molar-refractivity contribution >= 4 is 0 Å². The Hall–Kier alpha value is -0.580. The minimum Gasteiger partial charge on any atom is -0.496 e. The van der Waals surface area contributed by atoms with Crippen molar-refractivity contribution in [1.82, 2.24) is 5.43 Å². The summed E-state index contributed by atoms with van der Waals surface area (Å²) in [6, 6.07) is 0.00310. The summed E-state index contributed by atoms with van der Waals surface area (Å²) < 4.78 is 11.8. The van der Waals surface area contributed by atoms with Crippen molar-refractivity contribution in [3.63, 3.8) is 0 Å². The van der Waals surface area contributed by atoms with E-state index in [4.69, 9.17) is 15.3 Å². The maximum atomic E-state index is 6.02. The Morgan fingerprint density at radius 2 is 2.16 bits per heavy atom. The van der Waals surface area contributed by atoms with Crippen LogP contribution in [-0.2, 0) is 9.47 Å². The molecule has 0 radical (unpaired) electrons. The van der Waals surface area contributed by atoms with E-state index in [0.29, 0.717) is 5.92 Å². The van der Waals surface area contributed by atoms with Gasteiger partial charge in [-0.2, -0.15) is 0 Å². The zero-order valence-corrected chi connectivity index (χ0v) is 12.1. The van der Waals surface area contributed by atoms with Crippen molar-refractivity contribution in [2.24, 2.45) is 11.8 Å². The molecule has 4 nitrogen and oxygen atoms in total. The lowest BCUT2D eigenvalue weighted by molar-refractivity contribution is -0.0236. The molecule has 3 N–H and O–H groups in total. The highest BCUT2D eigenvalue weighted by atomic mass is 16.5. The van der Waals surface area contributed by atoms with Gasteiger partial charge >= 0.3 is 0 Å². The number of allylic oxidation sites excluding steroid dienone is 1. The van der Waals surface area contributed by atoms with Crippen LogP contribution in [0.15, 0.2) is 11.8 Å². The average molecular weight is 268 g/mol. The van der Waals surface area contributed by atoms with Gasteiger partial charge in [0.2, 0.25) is 0 Å². The van der Waals surface area contributed by atoms with Gasteiger partial charge in [-0.05, 0) is 44.6 Å².